The summed E-state index contributed by atoms with van der Waals surface area (Å²) in [6.07, 6.45) is 2.97. The molecule has 93 heavy (non-hydrogen) atoms. The van der Waals surface area contributed by atoms with Crippen LogP contribution in [0.1, 0.15) is 198 Å². The molecule has 11 atom stereocenters. The lowest BCUT2D eigenvalue weighted by atomic mass is 9.82. The third-order valence-electron chi connectivity index (χ3n) is 18.1. The number of hydrogen-bond donors (Lipinski definition) is 3. The zero-order chi connectivity index (χ0) is 70.3. The quantitative estimate of drug-likeness (QED) is 0.0413. The van der Waals surface area contributed by atoms with Crippen molar-refractivity contribution in [3.05, 3.63) is 71.8 Å². The highest BCUT2D eigenvalue weighted by molar-refractivity contribution is 5.98. The van der Waals surface area contributed by atoms with Crippen molar-refractivity contribution in [3.8, 4) is 11.1 Å². The molecule has 0 aliphatic heterocycles. The number of nitrogens with zero attached hydrogens (tertiary/aromatic N) is 3. The molecule has 1 aliphatic rings. The molecule has 0 unspecified atom stereocenters. The van der Waals surface area contributed by atoms with Crippen LogP contribution in [-0.2, 0) is 62.2 Å². The number of amides is 5. The molecule has 5 amide bonds. The second kappa shape index (κ2) is 38.5. The van der Waals surface area contributed by atoms with Gasteiger partial charge in [-0.05, 0) is 110 Å². The highest BCUT2D eigenvalue weighted by Gasteiger charge is 2.43. The van der Waals surface area contributed by atoms with Crippen molar-refractivity contribution >= 4 is 64.6 Å². The van der Waals surface area contributed by atoms with E-state index in [1.54, 1.807) is 41.7 Å². The van der Waals surface area contributed by atoms with Gasteiger partial charge in [-0.2, -0.15) is 0 Å². The fourth-order valence-electron chi connectivity index (χ4n) is 13.0. The summed E-state index contributed by atoms with van der Waals surface area (Å²) in [6.45, 7) is 28.2. The van der Waals surface area contributed by atoms with Crippen LogP contribution < -0.4 is 10.6 Å². The number of carbonyl (C=O) groups excluding carboxylic acids is 11. The Morgan fingerprint density at radius 3 is 1.60 bits per heavy atom. The molecule has 19 nitrogen and oxygen atoms in total. The van der Waals surface area contributed by atoms with Gasteiger partial charge in [-0.15, -0.1) is 0 Å². The van der Waals surface area contributed by atoms with E-state index in [1.165, 1.54) is 42.6 Å². The largest absolute Gasteiger partial charge is 0.465 e. The van der Waals surface area contributed by atoms with Crippen LogP contribution >= 0.6 is 0 Å². The van der Waals surface area contributed by atoms with E-state index in [0.29, 0.717) is 12.8 Å². The Kier molecular flexibility index (Phi) is 33.2. The number of ketones is 4. The third kappa shape index (κ3) is 23.5. The number of nitrogens with one attached hydrogen (secondary N) is 2. The number of esters is 2. The number of aliphatic hydroxyl groups excluding tert-OH is 1. The predicted octanol–water partition coefficient (Wildman–Crippen LogP) is 10.3. The highest BCUT2D eigenvalue weighted by Crippen LogP contribution is 2.45. The molecule has 0 saturated carbocycles. The molecule has 2 aromatic carbocycles. The first-order valence-electron chi connectivity index (χ1n) is 33.9. The fraction of sp³-hybridized carbons (Fsp3) is 0.662. The minimum Gasteiger partial charge on any atom is -0.465 e. The van der Waals surface area contributed by atoms with Gasteiger partial charge in [0.15, 0.2) is 23.1 Å². The average Bonchev–Trinajstić information content (AvgIpc) is 1.68. The van der Waals surface area contributed by atoms with Crippen molar-refractivity contribution < 1.29 is 67.3 Å². The summed E-state index contributed by atoms with van der Waals surface area (Å²) in [6, 6.07) is 10.9. The van der Waals surface area contributed by atoms with Crippen LogP contribution in [0, 0.1) is 59.2 Å². The molecule has 0 fully saturated rings. The van der Waals surface area contributed by atoms with Gasteiger partial charge in [0.25, 0.3) is 0 Å². The second-order valence-corrected chi connectivity index (χ2v) is 28.0. The van der Waals surface area contributed by atoms with E-state index >= 15 is 0 Å². The van der Waals surface area contributed by atoms with Crippen LogP contribution in [0.3, 0.4) is 0 Å². The van der Waals surface area contributed by atoms with Crippen LogP contribution in [0.5, 0.6) is 0 Å². The molecule has 2 aromatic rings. The van der Waals surface area contributed by atoms with Crippen molar-refractivity contribution in [1.82, 2.24) is 25.3 Å². The summed E-state index contributed by atoms with van der Waals surface area (Å²) in [5, 5.41) is 15.0. The van der Waals surface area contributed by atoms with E-state index in [2.05, 4.69) is 22.8 Å². The van der Waals surface area contributed by atoms with Crippen LogP contribution in [-0.4, -0.2) is 155 Å². The summed E-state index contributed by atoms with van der Waals surface area (Å²) < 4.78 is 11.7. The van der Waals surface area contributed by atoms with Gasteiger partial charge in [0.2, 0.25) is 29.5 Å². The minimum atomic E-state index is -1.27. The number of likely N-dealkylation sites (N-methyl/N-ethyl adjacent to an activating group) is 3. The Balaban J connectivity index is 1.81. The molecule has 518 valence electrons. The third-order valence-corrected chi connectivity index (χ3v) is 18.1. The molecule has 0 aromatic heterocycles. The van der Waals surface area contributed by atoms with Gasteiger partial charge in [-0.25, -0.2) is 0 Å². The lowest BCUT2D eigenvalue weighted by molar-refractivity contribution is -0.158. The second-order valence-electron chi connectivity index (χ2n) is 28.0. The summed E-state index contributed by atoms with van der Waals surface area (Å²) in [5.41, 5.74) is 4.32. The van der Waals surface area contributed by atoms with Gasteiger partial charge in [0, 0.05) is 78.1 Å². The molecule has 3 N–H and O–H groups in total. The number of rotatable bonds is 41. The molecule has 19 heteroatoms. The highest BCUT2D eigenvalue weighted by atomic mass is 16.5. The number of Topliss-reactive ketones (excluding diaryl/α,β-unsaturated/α-hetero) is 4. The maximum Gasteiger partial charge on any atom is 0.306 e. The molecule has 0 saturated heterocycles. The summed E-state index contributed by atoms with van der Waals surface area (Å²) >= 11 is 0. The smallest absolute Gasteiger partial charge is 0.306 e. The zero-order valence-electron chi connectivity index (χ0n) is 59.4. The first-order chi connectivity index (χ1) is 43.6. The van der Waals surface area contributed by atoms with Crippen LogP contribution in [0.15, 0.2) is 60.7 Å². The van der Waals surface area contributed by atoms with E-state index in [9.17, 15) is 57.8 Å². The first-order valence-corrected chi connectivity index (χ1v) is 33.9. The van der Waals surface area contributed by atoms with Crippen LogP contribution in [0.4, 0.5) is 0 Å². The molecular formula is C74H113N5O14. The number of allylic oxidation sites excluding steroid dienone is 2. The Hall–Kier alpha value is -6.89. The number of ether oxygens (including phenoxy) is 2. The van der Waals surface area contributed by atoms with E-state index in [0.717, 1.165) is 22.3 Å². The van der Waals surface area contributed by atoms with Gasteiger partial charge in [0.1, 0.15) is 18.8 Å². The van der Waals surface area contributed by atoms with Crippen molar-refractivity contribution in [3.63, 3.8) is 0 Å². The predicted molar refractivity (Wildman–Crippen MR) is 361 cm³/mol. The number of hydrogen-bond acceptors (Lipinski definition) is 14. The van der Waals surface area contributed by atoms with Gasteiger partial charge in [0.05, 0.1) is 42.4 Å². The lowest BCUT2D eigenvalue weighted by Crippen LogP contribution is -2.53. The molecule has 0 spiro atoms. The van der Waals surface area contributed by atoms with E-state index < -0.39 is 131 Å². The maximum absolute atomic E-state index is 15.0. The summed E-state index contributed by atoms with van der Waals surface area (Å²) in [7, 11) is 4.52. The molecule has 0 bridgehead atoms. The number of fused-ring (bicyclic) bond motifs is 3. The van der Waals surface area contributed by atoms with Crippen molar-refractivity contribution in [1.29, 1.82) is 0 Å². The molecule has 0 heterocycles. The minimum absolute atomic E-state index is 0.0164. The maximum atomic E-state index is 15.0. The van der Waals surface area contributed by atoms with E-state index in [-0.39, 0.29) is 106 Å². The van der Waals surface area contributed by atoms with Crippen molar-refractivity contribution in [2.45, 2.75) is 224 Å². The lowest BCUT2D eigenvalue weighted by Gasteiger charge is -2.36. The number of carbonyl (C=O) groups is 11. The Morgan fingerprint density at radius 1 is 0.591 bits per heavy atom. The van der Waals surface area contributed by atoms with E-state index in [4.69, 9.17) is 9.47 Å². The Morgan fingerprint density at radius 2 is 1.12 bits per heavy atom. The van der Waals surface area contributed by atoms with Crippen molar-refractivity contribution in [2.75, 3.05) is 34.4 Å². The van der Waals surface area contributed by atoms with Gasteiger partial charge >= 0.3 is 11.9 Å². The van der Waals surface area contributed by atoms with E-state index in [1.807, 2.05) is 111 Å². The molecule has 3 rings (SSSR count). The van der Waals surface area contributed by atoms with Crippen molar-refractivity contribution in [2.24, 2.45) is 59.2 Å². The monoisotopic (exact) mass is 1300 g/mol. The standard InChI is InChI=1S/C74H113N5O14/c1-20-22-28-48(13)69(93-51(16)81)58(71(88)76-60(21-2)63(82)33-27-34-80)40-66(85)68(47(11)12)79(19)73(90)52(35-43(3)4)39-65(84)62(37-45(7)8)77(17)72(89)50(15)75-70(87)49(14)38-64(83)61(36-44(5)6)78(18)74(91)57(46(9)10)41-67(86)92-42-59-55-31-25-23-29-53(55)54-30-24-26-32-56(54)59/h20,22-26,29-32,43-50,52,57-62,68-69,80H,21,27-28,33-42H2,1-19H3,(H,75,87)(H,76,88)/b22-20+/t48-,49-,50-,52-,57+,58+,60+,61+,62+,68+,69-/m1/s1. The summed E-state index contributed by atoms with van der Waals surface area (Å²) in [4.78, 5) is 160. The average molecular weight is 1300 g/mol. The van der Waals surface area contributed by atoms with Gasteiger partial charge < -0.3 is 39.9 Å². The fourth-order valence-corrected chi connectivity index (χ4v) is 13.0. The molecular weight excluding hydrogens is 1180 g/mol. The molecule has 0 radical (unpaired) electrons. The first kappa shape index (κ1) is 80.3. The SMILES string of the molecule is C/C=C/C[C@@H](C)[C@@H](OC(C)=O)[C@H](CC(=O)[C@H](C(C)C)N(C)C(=O)[C@@H](CC(=O)[C@H](CC(C)C)N(C)C(=O)[C@@H](C)NC(=O)[C@H](C)CC(=O)[C@H](CC(C)C)N(C)C(=O)[C@@H](CC(=O)OCC1c2ccccc2-c2ccccc21)C(C)C)CC(C)C)C(=O)N[C@@H](CC)C(=O)CCCO. The van der Waals surface area contributed by atoms with Crippen LogP contribution in [0.25, 0.3) is 11.1 Å². The normalized spacial score (nSPS) is 15.8. The van der Waals surface area contributed by atoms with Gasteiger partial charge in [-0.3, -0.25) is 52.7 Å². The summed E-state index contributed by atoms with van der Waals surface area (Å²) in [5.74, 6) is -11.1. The zero-order valence-corrected chi connectivity index (χ0v) is 59.4. The Labute approximate surface area is 555 Å². The number of aliphatic hydroxyl groups is 1. The topological polar surface area (TPSA) is 260 Å². The van der Waals surface area contributed by atoms with Gasteiger partial charge in [-0.1, -0.05) is 151 Å². The Bertz CT molecular complexity index is 2850. The number of benzene rings is 2. The molecule has 1 aliphatic carbocycles. The van der Waals surface area contributed by atoms with Crippen LogP contribution in [0.2, 0.25) is 0 Å².